The number of nitrogens with zero attached hydrogens (tertiary/aromatic N) is 4. The lowest BCUT2D eigenvalue weighted by molar-refractivity contribution is -0.384. The molecular weight excluding hydrogens is 310 g/mol. The zero-order valence-electron chi connectivity index (χ0n) is 12.5. The van der Waals surface area contributed by atoms with Crippen molar-refractivity contribution >= 4 is 11.9 Å². The van der Waals surface area contributed by atoms with Crippen LogP contribution in [0, 0.1) is 10.1 Å². The Bertz CT molecular complexity index is 926. The Hall–Kier alpha value is -3.55. The summed E-state index contributed by atoms with van der Waals surface area (Å²) in [6.45, 7) is 0. The average molecular weight is 323 g/mol. The lowest BCUT2D eigenvalue weighted by atomic mass is 10.1. The predicted octanol–water partition coefficient (Wildman–Crippen LogP) is 1.95. The predicted molar refractivity (Wildman–Crippen MR) is 88.2 cm³/mol. The molecule has 0 saturated heterocycles. The fourth-order valence-corrected chi connectivity index (χ4v) is 2.14. The molecule has 0 fully saturated rings. The van der Waals surface area contributed by atoms with E-state index in [0.29, 0.717) is 17.8 Å². The molecule has 1 N–H and O–H groups in total. The molecule has 0 aliphatic rings. The molecule has 3 rings (SSSR count). The standard InChI is InChI=1S/C16H13N5O3/c22-16-19-18-15(10-12-4-2-1-3-5-12)20(16)17-11-13-6-8-14(9-7-13)21(23)24/h1-9,11H,10H2,(H,19,22)/b17-11+. The third kappa shape index (κ3) is 3.43. The quantitative estimate of drug-likeness (QED) is 0.440. The monoisotopic (exact) mass is 323 g/mol. The second-order valence-electron chi connectivity index (χ2n) is 5.01. The number of benzene rings is 2. The van der Waals surface area contributed by atoms with E-state index in [1.54, 1.807) is 12.1 Å². The summed E-state index contributed by atoms with van der Waals surface area (Å²) in [7, 11) is 0. The van der Waals surface area contributed by atoms with Gasteiger partial charge in [-0.25, -0.2) is 9.89 Å². The van der Waals surface area contributed by atoms with Gasteiger partial charge in [-0.15, -0.1) is 0 Å². The summed E-state index contributed by atoms with van der Waals surface area (Å²) in [4.78, 5) is 22.0. The van der Waals surface area contributed by atoms with Gasteiger partial charge in [0.15, 0.2) is 5.82 Å². The summed E-state index contributed by atoms with van der Waals surface area (Å²) in [6.07, 6.45) is 1.91. The molecule has 8 heteroatoms. The van der Waals surface area contributed by atoms with Crippen LogP contribution in [-0.2, 0) is 6.42 Å². The lowest BCUT2D eigenvalue weighted by Crippen LogP contribution is -2.15. The van der Waals surface area contributed by atoms with E-state index in [2.05, 4.69) is 15.3 Å². The minimum Gasteiger partial charge on any atom is -0.258 e. The number of hydrogen-bond acceptors (Lipinski definition) is 5. The maximum Gasteiger partial charge on any atom is 0.364 e. The normalized spacial score (nSPS) is 11.0. The van der Waals surface area contributed by atoms with E-state index in [9.17, 15) is 14.9 Å². The molecular formula is C16H13N5O3. The Labute approximate surface area is 136 Å². The first-order chi connectivity index (χ1) is 11.6. The third-order valence-corrected chi connectivity index (χ3v) is 3.35. The van der Waals surface area contributed by atoms with Crippen LogP contribution in [0.1, 0.15) is 17.0 Å². The van der Waals surface area contributed by atoms with Gasteiger partial charge in [0.05, 0.1) is 11.1 Å². The molecule has 0 amide bonds. The van der Waals surface area contributed by atoms with Crippen molar-refractivity contribution in [2.75, 3.05) is 0 Å². The minimum absolute atomic E-state index is 0.00241. The second kappa shape index (κ2) is 6.69. The molecule has 1 heterocycles. The number of rotatable bonds is 5. The van der Waals surface area contributed by atoms with Gasteiger partial charge in [0.2, 0.25) is 0 Å². The lowest BCUT2D eigenvalue weighted by Gasteiger charge is -2.00. The van der Waals surface area contributed by atoms with Crippen molar-refractivity contribution in [1.29, 1.82) is 0 Å². The van der Waals surface area contributed by atoms with E-state index in [-0.39, 0.29) is 5.69 Å². The molecule has 2 aromatic carbocycles. The fourth-order valence-electron chi connectivity index (χ4n) is 2.14. The van der Waals surface area contributed by atoms with Crippen LogP contribution in [-0.4, -0.2) is 26.0 Å². The molecule has 0 atom stereocenters. The second-order valence-corrected chi connectivity index (χ2v) is 5.01. The summed E-state index contributed by atoms with van der Waals surface area (Å²) in [5.41, 5.74) is 1.19. The van der Waals surface area contributed by atoms with Crippen molar-refractivity contribution in [3.8, 4) is 0 Å². The molecule has 0 unspecified atom stereocenters. The van der Waals surface area contributed by atoms with Gasteiger partial charge in [0.25, 0.3) is 5.69 Å². The molecule has 8 nitrogen and oxygen atoms in total. The average Bonchev–Trinajstić information content (AvgIpc) is 2.94. The molecule has 3 aromatic rings. The van der Waals surface area contributed by atoms with Crippen LogP contribution in [0.15, 0.2) is 64.5 Å². The van der Waals surface area contributed by atoms with E-state index in [1.165, 1.54) is 23.0 Å². The van der Waals surface area contributed by atoms with Crippen LogP contribution in [0.2, 0.25) is 0 Å². The molecule has 0 saturated carbocycles. The number of nitrogens with one attached hydrogen (secondary N) is 1. The van der Waals surface area contributed by atoms with E-state index in [0.717, 1.165) is 5.56 Å². The Morgan fingerprint density at radius 3 is 2.54 bits per heavy atom. The van der Waals surface area contributed by atoms with Gasteiger partial charge in [-0.05, 0) is 23.3 Å². The van der Waals surface area contributed by atoms with Crippen LogP contribution in [0.3, 0.4) is 0 Å². The van der Waals surface area contributed by atoms with Gasteiger partial charge in [-0.2, -0.15) is 14.9 Å². The van der Waals surface area contributed by atoms with E-state index >= 15 is 0 Å². The molecule has 0 bridgehead atoms. The molecule has 24 heavy (non-hydrogen) atoms. The number of aromatic amines is 1. The number of hydrogen-bond donors (Lipinski definition) is 1. The summed E-state index contributed by atoms with van der Waals surface area (Å²) in [6, 6.07) is 15.5. The SMILES string of the molecule is O=c1[nH]nc(Cc2ccccc2)n1/N=C/c1ccc([N+](=O)[O-])cc1. The fraction of sp³-hybridized carbons (Fsp3) is 0.0625. The first-order valence-corrected chi connectivity index (χ1v) is 7.12. The van der Waals surface area contributed by atoms with Crippen LogP contribution in [0.5, 0.6) is 0 Å². The molecule has 0 radical (unpaired) electrons. The molecule has 0 aliphatic heterocycles. The highest BCUT2D eigenvalue weighted by atomic mass is 16.6. The summed E-state index contributed by atoms with van der Waals surface area (Å²) >= 11 is 0. The topological polar surface area (TPSA) is 106 Å². The molecule has 1 aromatic heterocycles. The van der Waals surface area contributed by atoms with Gasteiger partial charge < -0.3 is 0 Å². The highest BCUT2D eigenvalue weighted by molar-refractivity contribution is 5.79. The van der Waals surface area contributed by atoms with Crippen molar-refractivity contribution in [3.05, 3.63) is 92.1 Å². The van der Waals surface area contributed by atoms with E-state index < -0.39 is 10.6 Å². The van der Waals surface area contributed by atoms with Crippen molar-refractivity contribution in [3.63, 3.8) is 0 Å². The summed E-state index contributed by atoms with van der Waals surface area (Å²) in [5.74, 6) is 0.476. The van der Waals surface area contributed by atoms with Crippen LogP contribution in [0.25, 0.3) is 0 Å². The third-order valence-electron chi connectivity index (χ3n) is 3.35. The van der Waals surface area contributed by atoms with E-state index in [1.807, 2.05) is 30.3 Å². The van der Waals surface area contributed by atoms with Crippen molar-refractivity contribution in [2.24, 2.45) is 5.10 Å². The Kier molecular flexibility index (Phi) is 4.28. The highest BCUT2D eigenvalue weighted by Crippen LogP contribution is 2.11. The van der Waals surface area contributed by atoms with Crippen molar-refractivity contribution < 1.29 is 4.92 Å². The minimum atomic E-state index is -0.473. The Morgan fingerprint density at radius 2 is 1.88 bits per heavy atom. The van der Waals surface area contributed by atoms with Crippen LogP contribution in [0.4, 0.5) is 5.69 Å². The Balaban J connectivity index is 1.83. The number of aromatic nitrogens is 3. The summed E-state index contributed by atoms with van der Waals surface area (Å²) < 4.78 is 1.18. The number of nitro benzene ring substituents is 1. The zero-order valence-corrected chi connectivity index (χ0v) is 12.5. The zero-order chi connectivity index (χ0) is 16.9. The molecule has 120 valence electrons. The highest BCUT2D eigenvalue weighted by Gasteiger charge is 2.08. The van der Waals surface area contributed by atoms with Gasteiger partial charge >= 0.3 is 5.69 Å². The van der Waals surface area contributed by atoms with Gasteiger partial charge in [-0.3, -0.25) is 10.1 Å². The first-order valence-electron chi connectivity index (χ1n) is 7.12. The van der Waals surface area contributed by atoms with Gasteiger partial charge in [0.1, 0.15) is 0 Å². The maximum atomic E-state index is 11.8. The van der Waals surface area contributed by atoms with Crippen LogP contribution < -0.4 is 5.69 Å². The summed E-state index contributed by atoms with van der Waals surface area (Å²) in [5, 5.41) is 21.1. The largest absolute Gasteiger partial charge is 0.364 e. The molecule has 0 spiro atoms. The van der Waals surface area contributed by atoms with Crippen molar-refractivity contribution in [2.45, 2.75) is 6.42 Å². The number of H-pyrrole nitrogens is 1. The van der Waals surface area contributed by atoms with Gasteiger partial charge in [0, 0.05) is 18.6 Å². The molecule has 0 aliphatic carbocycles. The van der Waals surface area contributed by atoms with Crippen LogP contribution >= 0.6 is 0 Å². The van der Waals surface area contributed by atoms with E-state index in [4.69, 9.17) is 0 Å². The van der Waals surface area contributed by atoms with Gasteiger partial charge in [-0.1, -0.05) is 30.3 Å². The number of non-ortho nitro benzene ring substituents is 1. The first kappa shape index (κ1) is 15.3. The maximum absolute atomic E-state index is 11.8. The van der Waals surface area contributed by atoms with Crippen molar-refractivity contribution in [1.82, 2.24) is 14.9 Å². The Morgan fingerprint density at radius 1 is 1.17 bits per heavy atom. The number of nitro groups is 1. The smallest absolute Gasteiger partial charge is 0.258 e.